The number of imide groups is 1. The fourth-order valence-corrected chi connectivity index (χ4v) is 2.11. The highest BCUT2D eigenvalue weighted by Gasteiger charge is 2.38. The Balaban J connectivity index is 2.16. The Morgan fingerprint density at radius 2 is 2.00 bits per heavy atom. The van der Waals surface area contributed by atoms with Gasteiger partial charge in [-0.2, -0.15) is 18.2 Å². The summed E-state index contributed by atoms with van der Waals surface area (Å²) in [5, 5.41) is 5.57. The minimum absolute atomic E-state index is 0.235. The molecule has 0 fully saturated rings. The van der Waals surface area contributed by atoms with Crippen molar-refractivity contribution in [1.29, 1.82) is 0 Å². The van der Waals surface area contributed by atoms with Crippen molar-refractivity contribution in [3.63, 3.8) is 0 Å². The van der Waals surface area contributed by atoms with Crippen LogP contribution in [0.4, 0.5) is 13.2 Å². The van der Waals surface area contributed by atoms with Gasteiger partial charge in [0, 0.05) is 17.5 Å². The van der Waals surface area contributed by atoms with Gasteiger partial charge >= 0.3 is 12.1 Å². The van der Waals surface area contributed by atoms with Crippen LogP contribution in [-0.4, -0.2) is 22.0 Å². The normalized spacial score (nSPS) is 11.4. The maximum atomic E-state index is 12.5. The van der Waals surface area contributed by atoms with E-state index in [1.807, 2.05) is 6.92 Å². The summed E-state index contributed by atoms with van der Waals surface area (Å²) in [6, 6.07) is 4.25. The van der Waals surface area contributed by atoms with Crippen LogP contribution in [-0.2, 0) is 11.0 Å². The molecule has 2 rings (SSSR count). The van der Waals surface area contributed by atoms with E-state index in [0.717, 1.165) is 6.42 Å². The van der Waals surface area contributed by atoms with E-state index < -0.39 is 18.0 Å². The molecule has 134 valence electrons. The van der Waals surface area contributed by atoms with Crippen LogP contribution in [0.15, 0.2) is 22.7 Å². The topological polar surface area (TPSA) is 85.1 Å². The number of hydrogen-bond donors (Lipinski definition) is 1. The molecular weight excluding hydrogens is 339 g/mol. The van der Waals surface area contributed by atoms with Crippen molar-refractivity contribution in [2.75, 3.05) is 0 Å². The third-order valence-electron chi connectivity index (χ3n) is 3.41. The molecule has 2 aromatic rings. The predicted octanol–water partition coefficient (Wildman–Crippen LogP) is 3.51. The number of aromatic nitrogens is 2. The van der Waals surface area contributed by atoms with Gasteiger partial charge in [0.1, 0.15) is 0 Å². The van der Waals surface area contributed by atoms with Gasteiger partial charge in [0.2, 0.25) is 11.7 Å². The van der Waals surface area contributed by atoms with E-state index in [-0.39, 0.29) is 29.3 Å². The van der Waals surface area contributed by atoms with Crippen LogP contribution in [0.1, 0.15) is 48.0 Å². The number of carbonyl (C=O) groups excluding carboxylic acids is 2. The van der Waals surface area contributed by atoms with Crippen LogP contribution in [0.25, 0.3) is 11.4 Å². The molecule has 1 aromatic carbocycles. The van der Waals surface area contributed by atoms with Crippen LogP contribution in [0.2, 0.25) is 0 Å². The van der Waals surface area contributed by atoms with Crippen LogP contribution >= 0.6 is 0 Å². The molecule has 6 nitrogen and oxygen atoms in total. The molecule has 1 N–H and O–H groups in total. The first-order chi connectivity index (χ1) is 11.7. The van der Waals surface area contributed by atoms with Crippen LogP contribution in [0.5, 0.6) is 0 Å². The van der Waals surface area contributed by atoms with Gasteiger partial charge in [0.05, 0.1) is 0 Å². The predicted molar refractivity (Wildman–Crippen MR) is 81.5 cm³/mol. The molecule has 1 aromatic heterocycles. The van der Waals surface area contributed by atoms with E-state index in [1.54, 1.807) is 6.92 Å². The second kappa shape index (κ2) is 7.45. The van der Waals surface area contributed by atoms with E-state index in [0.29, 0.717) is 12.0 Å². The Morgan fingerprint density at radius 1 is 1.28 bits per heavy atom. The number of rotatable bonds is 5. The van der Waals surface area contributed by atoms with Gasteiger partial charge in [-0.3, -0.25) is 14.9 Å². The van der Waals surface area contributed by atoms with E-state index in [9.17, 15) is 22.8 Å². The largest absolute Gasteiger partial charge is 0.471 e. The third-order valence-corrected chi connectivity index (χ3v) is 3.41. The maximum absolute atomic E-state index is 12.5. The van der Waals surface area contributed by atoms with Gasteiger partial charge in [-0.25, -0.2) is 0 Å². The van der Waals surface area contributed by atoms with E-state index in [1.165, 1.54) is 18.2 Å². The number of aryl methyl sites for hydroxylation is 1. The first-order valence-electron chi connectivity index (χ1n) is 7.58. The molecule has 0 bridgehead atoms. The van der Waals surface area contributed by atoms with Gasteiger partial charge in [-0.1, -0.05) is 24.6 Å². The third kappa shape index (κ3) is 4.65. The van der Waals surface area contributed by atoms with Crippen molar-refractivity contribution >= 4 is 11.8 Å². The average molecular weight is 355 g/mol. The second-order valence-electron chi connectivity index (χ2n) is 5.43. The van der Waals surface area contributed by atoms with Crippen molar-refractivity contribution in [2.45, 2.75) is 39.3 Å². The lowest BCUT2D eigenvalue weighted by molar-refractivity contribution is -0.159. The van der Waals surface area contributed by atoms with Crippen molar-refractivity contribution in [3.8, 4) is 11.4 Å². The number of carbonyl (C=O) groups is 2. The van der Waals surface area contributed by atoms with Crippen molar-refractivity contribution < 1.29 is 27.3 Å². The number of unbranched alkanes of at least 4 members (excludes halogenated alkanes) is 1. The summed E-state index contributed by atoms with van der Waals surface area (Å²) >= 11 is 0. The molecule has 1 heterocycles. The number of halogens is 3. The Hall–Kier alpha value is -2.71. The molecule has 2 amide bonds. The molecule has 0 unspecified atom stereocenters. The molecule has 0 radical (unpaired) electrons. The summed E-state index contributed by atoms with van der Waals surface area (Å²) < 4.78 is 41.7. The summed E-state index contributed by atoms with van der Waals surface area (Å²) in [5.41, 5.74) is 0.982. The summed E-state index contributed by atoms with van der Waals surface area (Å²) in [7, 11) is 0. The maximum Gasteiger partial charge on any atom is 0.471 e. The fourth-order valence-electron chi connectivity index (χ4n) is 2.11. The fraction of sp³-hybridized carbons (Fsp3) is 0.375. The zero-order valence-corrected chi connectivity index (χ0v) is 13.6. The highest BCUT2D eigenvalue weighted by molar-refractivity contribution is 6.05. The number of alkyl halides is 3. The molecule has 0 aliphatic rings. The Morgan fingerprint density at radius 3 is 2.56 bits per heavy atom. The quantitative estimate of drug-likeness (QED) is 0.887. The molecule has 0 spiro atoms. The molecule has 0 aliphatic heterocycles. The summed E-state index contributed by atoms with van der Waals surface area (Å²) in [5.74, 6) is -2.61. The number of nitrogens with one attached hydrogen (secondary N) is 1. The lowest BCUT2D eigenvalue weighted by atomic mass is 10.0. The summed E-state index contributed by atoms with van der Waals surface area (Å²) in [6.45, 7) is 3.53. The van der Waals surface area contributed by atoms with Crippen molar-refractivity contribution in [2.24, 2.45) is 0 Å². The molecule has 25 heavy (non-hydrogen) atoms. The number of amides is 2. The van der Waals surface area contributed by atoms with Gasteiger partial charge in [-0.15, -0.1) is 0 Å². The lowest BCUT2D eigenvalue weighted by Crippen LogP contribution is -2.30. The van der Waals surface area contributed by atoms with Crippen molar-refractivity contribution in [1.82, 2.24) is 15.5 Å². The summed E-state index contributed by atoms with van der Waals surface area (Å²) in [6.07, 6.45) is -2.96. The highest BCUT2D eigenvalue weighted by Crippen LogP contribution is 2.29. The number of hydrogen-bond acceptors (Lipinski definition) is 5. The molecule has 0 aliphatic carbocycles. The summed E-state index contributed by atoms with van der Waals surface area (Å²) in [4.78, 5) is 27.0. The second-order valence-corrected chi connectivity index (χ2v) is 5.43. The zero-order chi connectivity index (χ0) is 18.6. The van der Waals surface area contributed by atoms with Crippen LogP contribution < -0.4 is 5.32 Å². The highest BCUT2D eigenvalue weighted by atomic mass is 19.4. The lowest BCUT2D eigenvalue weighted by Gasteiger charge is -2.07. The Kier molecular flexibility index (Phi) is 5.55. The van der Waals surface area contributed by atoms with Crippen LogP contribution in [0.3, 0.4) is 0 Å². The van der Waals surface area contributed by atoms with E-state index in [4.69, 9.17) is 0 Å². The monoisotopic (exact) mass is 355 g/mol. The Labute approximate surface area is 141 Å². The van der Waals surface area contributed by atoms with E-state index in [2.05, 4.69) is 20.0 Å². The van der Waals surface area contributed by atoms with Crippen molar-refractivity contribution in [3.05, 3.63) is 35.2 Å². The molecular formula is C16H16F3N3O3. The smallest absolute Gasteiger partial charge is 0.329 e. The zero-order valence-electron chi connectivity index (χ0n) is 13.6. The van der Waals surface area contributed by atoms with Gasteiger partial charge in [0.25, 0.3) is 5.91 Å². The van der Waals surface area contributed by atoms with Gasteiger partial charge in [-0.05, 0) is 31.0 Å². The molecule has 9 heteroatoms. The minimum Gasteiger partial charge on any atom is -0.329 e. The molecule has 0 saturated carbocycles. The average Bonchev–Trinajstić information content (AvgIpc) is 3.02. The van der Waals surface area contributed by atoms with Gasteiger partial charge < -0.3 is 4.52 Å². The van der Waals surface area contributed by atoms with E-state index >= 15 is 0 Å². The standard InChI is InChI=1S/C16H16F3N3O3/c1-3-4-5-12(23)20-14(24)11-7-6-10(8-9(11)2)13-21-15(25-22-13)16(17,18)19/h6-8H,3-5H2,1-2H3,(H,20,23,24). The van der Waals surface area contributed by atoms with Crippen LogP contribution in [0, 0.1) is 6.92 Å². The Bertz CT molecular complexity index is 784. The van der Waals surface area contributed by atoms with Gasteiger partial charge in [0.15, 0.2) is 0 Å². The first-order valence-corrected chi connectivity index (χ1v) is 7.58. The number of benzene rings is 1. The SMILES string of the molecule is CCCCC(=O)NC(=O)c1ccc(-c2noc(C(F)(F)F)n2)cc1C. The number of nitrogens with zero attached hydrogens (tertiary/aromatic N) is 2. The molecule has 0 saturated heterocycles. The minimum atomic E-state index is -4.72. The first kappa shape index (κ1) is 18.6. The molecule has 0 atom stereocenters.